The summed E-state index contributed by atoms with van der Waals surface area (Å²) in [7, 11) is -2.98. The van der Waals surface area contributed by atoms with Crippen molar-refractivity contribution in [3.63, 3.8) is 0 Å². The zero-order chi connectivity index (χ0) is 49.3. The number of aromatic nitrogens is 8. The van der Waals surface area contributed by atoms with Gasteiger partial charge in [-0.1, -0.05) is 201 Å². The van der Waals surface area contributed by atoms with Gasteiger partial charge in [0.15, 0.2) is 13.9 Å². The molecule has 350 valence electrons. The van der Waals surface area contributed by atoms with E-state index in [1.165, 1.54) is 42.6 Å². The lowest BCUT2D eigenvalue weighted by molar-refractivity contribution is 0.883. The van der Waals surface area contributed by atoms with Crippen molar-refractivity contribution in [3.8, 4) is 29.0 Å². The highest BCUT2D eigenvalue weighted by molar-refractivity contribution is 7.19. The summed E-state index contributed by atoms with van der Waals surface area (Å²) >= 11 is 0. The predicted octanol–water partition coefficient (Wildman–Crippen LogP) is 12.2. The van der Waals surface area contributed by atoms with Gasteiger partial charge in [-0.05, 0) is 82.3 Å². The van der Waals surface area contributed by atoms with Crippen molar-refractivity contribution < 1.29 is 0 Å². The fourth-order valence-corrected chi connectivity index (χ4v) is 16.3. The monoisotopic (exact) mass is 966 g/mol. The third-order valence-corrected chi connectivity index (χ3v) is 19.6. The van der Waals surface area contributed by atoms with Crippen LogP contribution in [-0.4, -0.2) is 46.1 Å². The van der Waals surface area contributed by atoms with E-state index in [1.54, 1.807) is 6.08 Å². The van der Waals surface area contributed by atoms with Gasteiger partial charge in [-0.25, -0.2) is 9.55 Å². The van der Waals surface area contributed by atoms with E-state index in [0.29, 0.717) is 23.5 Å². The number of hydrogen-bond donors (Lipinski definition) is 0. The van der Waals surface area contributed by atoms with Crippen LogP contribution >= 0.6 is 0 Å². The van der Waals surface area contributed by atoms with Crippen molar-refractivity contribution in [1.82, 2.24) is 38.0 Å². The molecule has 5 heterocycles. The van der Waals surface area contributed by atoms with Gasteiger partial charge in [0.05, 0.1) is 44.5 Å². The van der Waals surface area contributed by atoms with Gasteiger partial charge < -0.3 is 4.57 Å². The molecule has 0 aliphatic rings. The Bertz CT molecular complexity index is 4360. The van der Waals surface area contributed by atoms with E-state index < -0.39 is 8.07 Å². The quantitative estimate of drug-likeness (QED) is 0.0778. The molecule has 0 fully saturated rings. The van der Waals surface area contributed by atoms with Crippen molar-refractivity contribution in [2.75, 3.05) is 0 Å². The van der Waals surface area contributed by atoms with Gasteiger partial charge in [0, 0.05) is 32.8 Å². The maximum atomic E-state index is 5.41. The molecule has 74 heavy (non-hydrogen) atoms. The molecule has 9 aromatic carbocycles. The Kier molecular flexibility index (Phi) is 10.1. The van der Waals surface area contributed by atoms with Crippen LogP contribution < -0.4 is 20.7 Å². The predicted molar refractivity (Wildman–Crippen MR) is 307 cm³/mol. The summed E-state index contributed by atoms with van der Waals surface area (Å²) in [5.74, 6) is 2.23. The minimum absolute atomic E-state index is 0.465. The first-order valence-corrected chi connectivity index (χ1v) is 26.9. The Morgan fingerprint density at radius 3 is 1.32 bits per heavy atom. The van der Waals surface area contributed by atoms with Crippen LogP contribution in [0, 0.1) is 6.92 Å². The van der Waals surface area contributed by atoms with Gasteiger partial charge in [-0.3, -0.25) is 8.97 Å². The second-order valence-electron chi connectivity index (χ2n) is 18.7. The normalized spacial score (nSPS) is 12.1. The lowest BCUT2D eigenvalue weighted by Crippen LogP contribution is -2.74. The fraction of sp³-hybridized carbons (Fsp3) is 0.0154. The Hall–Kier alpha value is -9.70. The molecule has 14 rings (SSSR count). The topological polar surface area (TPSA) is 70.8 Å². The van der Waals surface area contributed by atoms with Crippen LogP contribution in [0.15, 0.2) is 249 Å². The van der Waals surface area contributed by atoms with Crippen molar-refractivity contribution in [3.05, 3.63) is 261 Å². The summed E-state index contributed by atoms with van der Waals surface area (Å²) in [6.07, 6.45) is 5.79. The van der Waals surface area contributed by atoms with Crippen molar-refractivity contribution in [2.24, 2.45) is 0 Å². The summed E-state index contributed by atoms with van der Waals surface area (Å²) in [5, 5.41) is 9.84. The highest BCUT2D eigenvalue weighted by Gasteiger charge is 2.41. The molecule has 0 N–H and O–H groups in total. The fourth-order valence-electron chi connectivity index (χ4n) is 11.5. The van der Waals surface area contributed by atoms with Crippen molar-refractivity contribution >= 4 is 95.3 Å². The molecule has 0 spiro atoms. The molecule has 0 saturated heterocycles. The maximum Gasteiger partial charge on any atom is 0.242 e. The van der Waals surface area contributed by atoms with Gasteiger partial charge in [0.25, 0.3) is 0 Å². The van der Waals surface area contributed by atoms with Crippen LogP contribution in [0.3, 0.4) is 0 Å². The molecular weight excluding hydrogens is 921 g/mol. The van der Waals surface area contributed by atoms with Crippen LogP contribution in [0.2, 0.25) is 0 Å². The number of para-hydroxylation sites is 6. The van der Waals surface area contributed by atoms with E-state index in [9.17, 15) is 0 Å². The molecule has 0 aliphatic carbocycles. The first-order valence-electron chi connectivity index (χ1n) is 24.9. The number of benzene rings is 9. The van der Waals surface area contributed by atoms with Gasteiger partial charge in [-0.2, -0.15) is 15.0 Å². The van der Waals surface area contributed by atoms with Crippen LogP contribution in [0.5, 0.6) is 0 Å². The lowest BCUT2D eigenvalue weighted by Gasteiger charge is -2.34. The number of imidazole rings is 2. The third kappa shape index (κ3) is 6.53. The van der Waals surface area contributed by atoms with Gasteiger partial charge in [-0.15, -0.1) is 0 Å². The molecule has 5 aromatic heterocycles. The second-order valence-corrected chi connectivity index (χ2v) is 22.6. The average Bonchev–Trinajstić information content (AvgIpc) is 4.19. The molecule has 0 amide bonds. The van der Waals surface area contributed by atoms with Crippen LogP contribution in [-0.2, 0) is 0 Å². The SMILES string of the molecule is C=C/C=C\c1c(C)nc2n(-c3nc(-c4ccc([Si](c5ccccc5)(c5ccccc5)c5ccc(-n6c7ccccc7c7ccccc76)cc5)cc4)nc(-n4c5ccccc5c5ccccc54)n3)c3ccccc3n12. The Morgan fingerprint density at radius 2 is 0.811 bits per heavy atom. The smallest absolute Gasteiger partial charge is 0.242 e. The van der Waals surface area contributed by atoms with E-state index in [4.69, 9.17) is 19.9 Å². The molecule has 0 saturated carbocycles. The first-order chi connectivity index (χ1) is 36.6. The average molecular weight is 967 g/mol. The van der Waals surface area contributed by atoms with E-state index in [2.05, 4.69) is 255 Å². The van der Waals surface area contributed by atoms with Crippen LogP contribution in [0.1, 0.15) is 11.4 Å². The molecule has 0 atom stereocenters. The number of aryl methyl sites for hydroxylation is 1. The minimum Gasteiger partial charge on any atom is -0.309 e. The van der Waals surface area contributed by atoms with Gasteiger partial charge in [0.1, 0.15) is 0 Å². The second kappa shape index (κ2) is 17.3. The van der Waals surface area contributed by atoms with E-state index in [0.717, 1.165) is 55.5 Å². The highest BCUT2D eigenvalue weighted by atomic mass is 28.3. The number of rotatable bonds is 10. The first kappa shape index (κ1) is 43.1. The lowest BCUT2D eigenvalue weighted by atomic mass is 10.2. The zero-order valence-corrected chi connectivity index (χ0v) is 41.5. The van der Waals surface area contributed by atoms with Crippen molar-refractivity contribution in [2.45, 2.75) is 6.92 Å². The number of nitrogens with zero attached hydrogens (tertiary/aromatic N) is 8. The van der Waals surface area contributed by atoms with E-state index in [-0.39, 0.29) is 0 Å². The molecule has 8 nitrogen and oxygen atoms in total. The summed E-state index contributed by atoms with van der Waals surface area (Å²) in [6.45, 7) is 5.98. The Labute approximate surface area is 427 Å². The standard InChI is InChI=1S/C65H46N8Si/c1-3-4-29-55-44(2)66-65-72(55)60-34-19-20-35-61(60)73(65)64-68-62(67-63(69-64)71-58-32-17-13-27-53(58)54-28-14-18-33-59(54)71)45-36-40-49(41-37-45)74(47-21-7-5-8-22-47,48-23-9-6-10-24-48)50-42-38-46(39-43-50)70-56-30-15-11-25-51(56)52-26-12-16-31-57(52)70/h3-43H,1H2,2H3/b29-4-. The summed E-state index contributed by atoms with van der Waals surface area (Å²) in [5.41, 5.74) is 10.2. The summed E-state index contributed by atoms with van der Waals surface area (Å²) < 4.78 is 8.80. The minimum atomic E-state index is -2.98. The number of fused-ring (bicyclic) bond motifs is 9. The van der Waals surface area contributed by atoms with E-state index in [1.807, 2.05) is 19.1 Å². The van der Waals surface area contributed by atoms with Crippen molar-refractivity contribution in [1.29, 1.82) is 0 Å². The zero-order valence-electron chi connectivity index (χ0n) is 40.5. The Balaban J connectivity index is 0.984. The van der Waals surface area contributed by atoms with E-state index >= 15 is 0 Å². The number of allylic oxidation sites excluding steroid dienone is 2. The van der Waals surface area contributed by atoms with Gasteiger partial charge in [0.2, 0.25) is 17.7 Å². The molecule has 9 heteroatoms. The molecule has 0 bridgehead atoms. The highest BCUT2D eigenvalue weighted by Crippen LogP contribution is 2.35. The molecule has 0 radical (unpaired) electrons. The molecular formula is C65H46N8Si. The van der Waals surface area contributed by atoms with Gasteiger partial charge >= 0.3 is 0 Å². The summed E-state index contributed by atoms with van der Waals surface area (Å²) in [6, 6.07) is 83.1. The van der Waals surface area contributed by atoms with Crippen LogP contribution in [0.4, 0.5) is 0 Å². The molecule has 0 aliphatic heterocycles. The molecule has 14 aromatic rings. The Morgan fingerprint density at radius 1 is 0.392 bits per heavy atom. The van der Waals surface area contributed by atoms with Crippen LogP contribution in [0.25, 0.3) is 95.5 Å². The largest absolute Gasteiger partial charge is 0.309 e. The molecule has 0 unspecified atom stereocenters. The summed E-state index contributed by atoms with van der Waals surface area (Å²) in [4.78, 5) is 21.4. The number of hydrogen-bond acceptors (Lipinski definition) is 4. The maximum absolute atomic E-state index is 5.41. The third-order valence-electron chi connectivity index (χ3n) is 14.8.